The van der Waals surface area contributed by atoms with Gasteiger partial charge in [-0.25, -0.2) is 0 Å². The van der Waals surface area contributed by atoms with E-state index in [1.54, 1.807) is 0 Å². The van der Waals surface area contributed by atoms with Gasteiger partial charge in [-0.1, -0.05) is 291 Å². The largest absolute Gasteiger partial charge is 0.356 e. The molecule has 18 aromatic carbocycles. The molecule has 0 radical (unpaired) electrons. The number of rotatable bonds is 15. The van der Waals surface area contributed by atoms with Gasteiger partial charge in [-0.15, -0.1) is 0 Å². The summed E-state index contributed by atoms with van der Waals surface area (Å²) in [6.07, 6.45) is 0. The number of halogens is 1. The Balaban J connectivity index is 0.000000135. The van der Waals surface area contributed by atoms with Crippen LogP contribution in [0.1, 0.15) is 0 Å². The Bertz CT molecular complexity index is 5800. The molecule has 0 fully saturated rings. The summed E-state index contributed by atoms with van der Waals surface area (Å²) >= 11 is 6.22. The van der Waals surface area contributed by atoms with Crippen molar-refractivity contribution in [2.75, 3.05) is 20.0 Å². The highest BCUT2D eigenvalue weighted by molar-refractivity contribution is 6.32. The van der Waals surface area contributed by atoms with Crippen molar-refractivity contribution in [2.45, 2.75) is 0 Å². The van der Waals surface area contributed by atoms with E-state index in [0.717, 1.165) is 67.6 Å². The van der Waals surface area contributed by atoms with Gasteiger partial charge in [0.1, 0.15) is 0 Å². The summed E-state index contributed by atoms with van der Waals surface area (Å²) < 4.78 is 0. The molecule has 0 aliphatic rings. The number of benzene rings is 18. The minimum absolute atomic E-state index is 0.776. The van der Waals surface area contributed by atoms with Crippen LogP contribution in [-0.2, 0) is 0 Å². The maximum Gasteiger partial charge on any atom is 0.0468 e. The maximum atomic E-state index is 6.22. The summed E-state index contributed by atoms with van der Waals surface area (Å²) in [6.45, 7) is 0. The summed E-state index contributed by atoms with van der Waals surface area (Å²) in [7, 11) is 0. The molecule has 0 bridgehead atoms. The first-order valence-electron chi connectivity index (χ1n) is 35.6. The summed E-state index contributed by atoms with van der Waals surface area (Å²) in [5, 5.41) is 14.1. The number of anilines is 11. The Hall–Kier alpha value is -13.5. The molecule has 1 N–H and O–H groups in total. The van der Waals surface area contributed by atoms with Crippen molar-refractivity contribution in [1.82, 2.24) is 0 Å². The zero-order chi connectivity index (χ0) is 70.5. The standard InChI is InChI=1S/C50H36N2.C30H24N2.C20H13Cl/c1-5-15-39(16-6-1)49-35-40-17-13-14-24-47(40)50-36-46(33-34-48(49)50)52(43-22-11-4-12-23-43)45-31-27-38(28-32-45)37-25-29-44(30-26-37)51(41-18-7-2-8-19-41)42-20-9-3-10-21-42;1-4-10-26(11-5-1)31-27-20-16-24(17-21-27)25-18-22-30(23-19-25)32(28-12-6-2-7-13-28)29-14-8-3-9-15-29;21-16-10-11-18-19(14-6-2-1-3-7-14)12-15-8-4-5-9-17(15)20(18)13-16/h1-36H;1-23,31H;1-13H. The van der Waals surface area contributed by atoms with Crippen LogP contribution in [0.4, 0.5) is 62.6 Å². The minimum atomic E-state index is 0.776. The normalized spacial score (nSPS) is 10.9. The molecular weight excluding hydrogens is 1290 g/mol. The fourth-order valence-corrected chi connectivity index (χ4v) is 14.3. The molecule has 500 valence electrons. The topological polar surface area (TPSA) is 21.8 Å². The molecule has 0 heterocycles. The zero-order valence-corrected chi connectivity index (χ0v) is 58.5. The van der Waals surface area contributed by atoms with Crippen LogP contribution in [0.15, 0.2) is 437 Å². The molecule has 0 unspecified atom stereocenters. The quantitative estimate of drug-likeness (QED) is 0.103. The van der Waals surface area contributed by atoms with Gasteiger partial charge in [0.2, 0.25) is 0 Å². The number of nitrogens with zero attached hydrogens (tertiary/aromatic N) is 3. The molecule has 0 saturated carbocycles. The van der Waals surface area contributed by atoms with Crippen LogP contribution < -0.4 is 20.0 Å². The lowest BCUT2D eigenvalue weighted by Gasteiger charge is -2.26. The molecule has 18 rings (SSSR count). The molecule has 0 amide bonds. The van der Waals surface area contributed by atoms with E-state index in [1.807, 2.05) is 42.5 Å². The lowest BCUT2D eigenvalue weighted by molar-refractivity contribution is 1.28. The lowest BCUT2D eigenvalue weighted by Crippen LogP contribution is -2.10. The SMILES string of the molecule is Clc1ccc2c(-c3ccccc3)cc3ccccc3c2c1.c1ccc(-c2cc3ccccc3c3cc(N(c4ccccc4)c4ccc(-c5ccc(N(c6ccccc6)c6ccccc6)cc5)cc4)ccc23)cc1.c1ccc(Nc2ccc(-c3ccc(N(c4ccccc4)c4ccccc4)cc3)cc2)cc1. The van der Waals surface area contributed by atoms with Gasteiger partial charge in [0.15, 0.2) is 0 Å². The molecule has 0 spiro atoms. The van der Waals surface area contributed by atoms with Gasteiger partial charge < -0.3 is 20.0 Å². The third kappa shape index (κ3) is 14.8. The Kier molecular flexibility index (Phi) is 19.6. The van der Waals surface area contributed by atoms with Crippen molar-refractivity contribution in [1.29, 1.82) is 0 Å². The highest BCUT2D eigenvalue weighted by Gasteiger charge is 2.19. The van der Waals surface area contributed by atoms with E-state index in [-0.39, 0.29) is 0 Å². The van der Waals surface area contributed by atoms with Crippen LogP contribution >= 0.6 is 11.6 Å². The molecule has 0 aromatic heterocycles. The van der Waals surface area contributed by atoms with Crippen molar-refractivity contribution in [3.05, 3.63) is 442 Å². The van der Waals surface area contributed by atoms with Gasteiger partial charge in [-0.2, -0.15) is 0 Å². The summed E-state index contributed by atoms with van der Waals surface area (Å²) in [4.78, 5) is 6.92. The number of hydrogen-bond donors (Lipinski definition) is 1. The lowest BCUT2D eigenvalue weighted by atomic mass is 9.93. The maximum absolute atomic E-state index is 6.22. The van der Waals surface area contributed by atoms with E-state index in [1.165, 1.54) is 87.6 Å². The third-order valence-electron chi connectivity index (χ3n) is 19.2. The number of nitrogens with one attached hydrogen (secondary N) is 1. The van der Waals surface area contributed by atoms with Gasteiger partial charge >= 0.3 is 0 Å². The van der Waals surface area contributed by atoms with Crippen LogP contribution in [-0.4, -0.2) is 0 Å². The van der Waals surface area contributed by atoms with Gasteiger partial charge in [-0.05, 0) is 245 Å². The molecule has 4 nitrogen and oxygen atoms in total. The van der Waals surface area contributed by atoms with Crippen molar-refractivity contribution in [3.63, 3.8) is 0 Å². The average molecular weight is 1370 g/mol. The van der Waals surface area contributed by atoms with Gasteiger partial charge in [0, 0.05) is 67.6 Å². The van der Waals surface area contributed by atoms with Gasteiger partial charge in [0.25, 0.3) is 0 Å². The number of hydrogen-bond acceptors (Lipinski definition) is 4. The zero-order valence-electron chi connectivity index (χ0n) is 57.8. The number of fused-ring (bicyclic) bond motifs is 6. The van der Waals surface area contributed by atoms with Crippen molar-refractivity contribution >= 4 is 117 Å². The second kappa shape index (κ2) is 31.2. The predicted molar refractivity (Wildman–Crippen MR) is 450 cm³/mol. The van der Waals surface area contributed by atoms with E-state index in [9.17, 15) is 0 Å². The third-order valence-corrected chi connectivity index (χ3v) is 19.4. The van der Waals surface area contributed by atoms with E-state index < -0.39 is 0 Å². The van der Waals surface area contributed by atoms with Crippen molar-refractivity contribution in [3.8, 4) is 44.5 Å². The molecule has 5 heteroatoms. The van der Waals surface area contributed by atoms with Crippen LogP contribution in [0, 0.1) is 0 Å². The van der Waals surface area contributed by atoms with Crippen LogP contribution in [0.25, 0.3) is 87.6 Å². The van der Waals surface area contributed by atoms with Gasteiger partial charge in [-0.3, -0.25) is 0 Å². The Morgan fingerprint density at radius 1 is 0.171 bits per heavy atom. The highest BCUT2D eigenvalue weighted by Crippen LogP contribution is 2.44. The van der Waals surface area contributed by atoms with Crippen LogP contribution in [0.2, 0.25) is 5.02 Å². The Morgan fingerprint density at radius 2 is 0.438 bits per heavy atom. The van der Waals surface area contributed by atoms with Gasteiger partial charge in [0.05, 0.1) is 0 Å². The molecule has 0 atom stereocenters. The molecule has 0 aliphatic carbocycles. The molecule has 0 aliphatic heterocycles. The predicted octanol–water partition coefficient (Wildman–Crippen LogP) is 29.1. The molecule has 105 heavy (non-hydrogen) atoms. The first-order valence-corrected chi connectivity index (χ1v) is 35.9. The monoisotopic (exact) mass is 1360 g/mol. The van der Waals surface area contributed by atoms with E-state index in [2.05, 4.69) is 414 Å². The van der Waals surface area contributed by atoms with E-state index >= 15 is 0 Å². The summed E-state index contributed by atoms with van der Waals surface area (Å²) in [6, 6.07) is 154. The van der Waals surface area contributed by atoms with Crippen LogP contribution in [0.3, 0.4) is 0 Å². The fourth-order valence-electron chi connectivity index (χ4n) is 14.1. The molecular formula is C100H73ClN4. The minimum Gasteiger partial charge on any atom is -0.356 e. The Morgan fingerprint density at radius 3 is 0.810 bits per heavy atom. The van der Waals surface area contributed by atoms with E-state index in [4.69, 9.17) is 11.6 Å². The first-order chi connectivity index (χ1) is 52.0. The van der Waals surface area contributed by atoms with Crippen LogP contribution in [0.5, 0.6) is 0 Å². The van der Waals surface area contributed by atoms with Crippen molar-refractivity contribution in [2.24, 2.45) is 0 Å². The second-order valence-corrected chi connectivity index (χ2v) is 26.3. The smallest absolute Gasteiger partial charge is 0.0468 e. The summed E-state index contributed by atoms with van der Waals surface area (Å²) in [5.41, 5.74) is 22.0. The molecule has 0 saturated heterocycles. The second-order valence-electron chi connectivity index (χ2n) is 25.8. The highest BCUT2D eigenvalue weighted by atomic mass is 35.5. The van der Waals surface area contributed by atoms with Crippen molar-refractivity contribution < 1.29 is 0 Å². The summed E-state index contributed by atoms with van der Waals surface area (Å²) in [5.74, 6) is 0. The number of para-hydroxylation sites is 6. The fraction of sp³-hybridized carbons (Fsp3) is 0. The molecule has 18 aromatic rings. The Labute approximate surface area is 619 Å². The first kappa shape index (κ1) is 66.1. The average Bonchev–Trinajstić information content (AvgIpc) is 0.759. The van der Waals surface area contributed by atoms with E-state index in [0.29, 0.717) is 0 Å².